The predicted octanol–water partition coefficient (Wildman–Crippen LogP) is 2.48. The van der Waals surface area contributed by atoms with E-state index in [-0.39, 0.29) is 5.54 Å². The Balaban J connectivity index is 2.25. The van der Waals surface area contributed by atoms with Gasteiger partial charge in [-0.2, -0.15) is 0 Å². The van der Waals surface area contributed by atoms with Crippen LogP contribution < -0.4 is 10.6 Å². The summed E-state index contributed by atoms with van der Waals surface area (Å²) in [6.07, 6.45) is 0. The number of benzene rings is 1. The molecule has 1 heterocycles. The van der Waals surface area contributed by atoms with Crippen molar-refractivity contribution in [1.29, 1.82) is 0 Å². The van der Waals surface area contributed by atoms with Gasteiger partial charge in [0.25, 0.3) is 0 Å². The molecule has 0 amide bonds. The molecule has 1 aromatic carbocycles. The first-order valence-electron chi connectivity index (χ1n) is 5.90. The molecule has 2 N–H and O–H groups in total. The maximum absolute atomic E-state index is 6.10. The topological polar surface area (TPSA) is 38.5 Å². The highest BCUT2D eigenvalue weighted by molar-refractivity contribution is 9.10. The second-order valence-corrected chi connectivity index (χ2v) is 5.84. The Morgan fingerprint density at radius 3 is 2.47 bits per heavy atom. The average molecular weight is 299 g/mol. The van der Waals surface area contributed by atoms with Crippen LogP contribution in [0.5, 0.6) is 0 Å². The maximum Gasteiger partial charge on any atom is 0.0642 e. The number of nitrogens with two attached hydrogens (primary N) is 1. The van der Waals surface area contributed by atoms with E-state index in [4.69, 9.17) is 10.5 Å². The fourth-order valence-electron chi connectivity index (χ4n) is 1.97. The van der Waals surface area contributed by atoms with Gasteiger partial charge >= 0.3 is 0 Å². The van der Waals surface area contributed by atoms with Crippen LogP contribution in [0.3, 0.4) is 0 Å². The number of anilines is 1. The van der Waals surface area contributed by atoms with Crippen molar-refractivity contribution in [2.45, 2.75) is 19.4 Å². The van der Waals surface area contributed by atoms with Gasteiger partial charge in [-0.15, -0.1) is 0 Å². The van der Waals surface area contributed by atoms with Crippen LogP contribution in [0, 0.1) is 0 Å². The molecule has 0 saturated carbocycles. The van der Waals surface area contributed by atoms with Crippen molar-refractivity contribution >= 4 is 21.6 Å². The van der Waals surface area contributed by atoms with Crippen LogP contribution in [0.2, 0.25) is 0 Å². The highest BCUT2D eigenvalue weighted by Crippen LogP contribution is 2.30. The zero-order chi connectivity index (χ0) is 12.5. The van der Waals surface area contributed by atoms with Crippen molar-refractivity contribution in [2.24, 2.45) is 5.73 Å². The minimum absolute atomic E-state index is 0.300. The molecule has 1 fully saturated rings. The lowest BCUT2D eigenvalue weighted by molar-refractivity contribution is 0.122. The van der Waals surface area contributed by atoms with Gasteiger partial charge in [-0.3, -0.25) is 0 Å². The van der Waals surface area contributed by atoms with E-state index in [1.54, 1.807) is 0 Å². The van der Waals surface area contributed by atoms with E-state index in [1.807, 2.05) is 13.8 Å². The Hall–Kier alpha value is -0.580. The summed E-state index contributed by atoms with van der Waals surface area (Å²) in [5.41, 5.74) is 8.16. The molecule has 17 heavy (non-hydrogen) atoms. The van der Waals surface area contributed by atoms with Crippen LogP contribution >= 0.6 is 15.9 Å². The smallest absolute Gasteiger partial charge is 0.0642 e. The van der Waals surface area contributed by atoms with Crippen molar-refractivity contribution < 1.29 is 4.74 Å². The van der Waals surface area contributed by atoms with E-state index in [0.717, 1.165) is 36.3 Å². The molecule has 0 radical (unpaired) electrons. The second-order valence-electron chi connectivity index (χ2n) is 4.99. The summed E-state index contributed by atoms with van der Waals surface area (Å²) in [6.45, 7) is 7.54. The summed E-state index contributed by atoms with van der Waals surface area (Å²) in [6, 6.07) is 6.36. The van der Waals surface area contributed by atoms with E-state index in [2.05, 4.69) is 39.0 Å². The van der Waals surface area contributed by atoms with Gasteiger partial charge in [0.2, 0.25) is 0 Å². The van der Waals surface area contributed by atoms with Gasteiger partial charge in [0.1, 0.15) is 0 Å². The van der Waals surface area contributed by atoms with Gasteiger partial charge in [-0.05, 0) is 47.5 Å². The summed E-state index contributed by atoms with van der Waals surface area (Å²) < 4.78 is 6.47. The van der Waals surface area contributed by atoms with Crippen LogP contribution in [0.4, 0.5) is 5.69 Å². The van der Waals surface area contributed by atoms with Gasteiger partial charge in [-0.25, -0.2) is 0 Å². The third-order valence-electron chi connectivity index (χ3n) is 3.04. The Bertz CT molecular complexity index is 395. The molecule has 1 aliphatic rings. The molecule has 2 rings (SSSR count). The number of halogens is 1. The van der Waals surface area contributed by atoms with Gasteiger partial charge < -0.3 is 15.4 Å². The molecular weight excluding hydrogens is 280 g/mol. The first kappa shape index (κ1) is 12.9. The second kappa shape index (κ2) is 4.96. The summed E-state index contributed by atoms with van der Waals surface area (Å²) in [4.78, 5) is 2.33. The molecule has 0 unspecified atom stereocenters. The molecular formula is C13H19BrN2O. The first-order chi connectivity index (χ1) is 7.98. The van der Waals surface area contributed by atoms with E-state index in [0.29, 0.717) is 0 Å². The molecule has 94 valence electrons. The van der Waals surface area contributed by atoms with Crippen LogP contribution in [-0.4, -0.2) is 26.3 Å². The van der Waals surface area contributed by atoms with Gasteiger partial charge in [0, 0.05) is 23.1 Å². The maximum atomic E-state index is 6.10. The Morgan fingerprint density at radius 2 is 1.94 bits per heavy atom. The monoisotopic (exact) mass is 298 g/mol. The van der Waals surface area contributed by atoms with Crippen LogP contribution in [0.1, 0.15) is 19.4 Å². The fourth-order valence-corrected chi connectivity index (χ4v) is 2.60. The molecule has 1 saturated heterocycles. The highest BCUT2D eigenvalue weighted by Gasteiger charge is 2.18. The van der Waals surface area contributed by atoms with Crippen molar-refractivity contribution in [3.05, 3.63) is 28.2 Å². The number of nitrogens with zero attached hydrogens (tertiary/aromatic N) is 1. The minimum Gasteiger partial charge on any atom is -0.378 e. The summed E-state index contributed by atoms with van der Waals surface area (Å²) >= 11 is 3.64. The summed E-state index contributed by atoms with van der Waals surface area (Å²) in [7, 11) is 0. The lowest BCUT2D eigenvalue weighted by Gasteiger charge is -2.30. The van der Waals surface area contributed by atoms with E-state index in [9.17, 15) is 0 Å². The number of rotatable bonds is 2. The first-order valence-corrected chi connectivity index (χ1v) is 6.69. The van der Waals surface area contributed by atoms with E-state index < -0.39 is 0 Å². The number of ether oxygens (including phenoxy) is 1. The Kier molecular flexibility index (Phi) is 3.76. The normalized spacial score (nSPS) is 17.3. The number of morpholine rings is 1. The van der Waals surface area contributed by atoms with Crippen molar-refractivity contribution in [3.63, 3.8) is 0 Å². The lowest BCUT2D eigenvalue weighted by atomic mass is 9.95. The third kappa shape index (κ3) is 3.00. The molecule has 3 nitrogen and oxygen atoms in total. The van der Waals surface area contributed by atoms with E-state index in [1.165, 1.54) is 5.69 Å². The Morgan fingerprint density at radius 1 is 1.29 bits per heavy atom. The fraction of sp³-hybridized carbons (Fsp3) is 0.538. The third-order valence-corrected chi connectivity index (χ3v) is 3.68. The zero-order valence-electron chi connectivity index (χ0n) is 10.4. The number of hydrogen-bond acceptors (Lipinski definition) is 3. The molecule has 0 atom stereocenters. The highest BCUT2D eigenvalue weighted by atomic mass is 79.9. The SMILES string of the molecule is CC(C)(N)c1ccc(N2CCOCC2)c(Br)c1. The molecule has 1 aliphatic heterocycles. The van der Waals surface area contributed by atoms with Gasteiger partial charge in [-0.1, -0.05) is 6.07 Å². The summed E-state index contributed by atoms with van der Waals surface area (Å²) in [5.74, 6) is 0. The lowest BCUT2D eigenvalue weighted by Crippen LogP contribution is -2.36. The minimum atomic E-state index is -0.300. The molecule has 1 aromatic rings. The molecule has 0 spiro atoms. The molecule has 0 aliphatic carbocycles. The molecule has 0 aromatic heterocycles. The summed E-state index contributed by atoms with van der Waals surface area (Å²) in [5, 5.41) is 0. The van der Waals surface area contributed by atoms with E-state index >= 15 is 0 Å². The van der Waals surface area contributed by atoms with Gasteiger partial charge in [0.05, 0.1) is 18.9 Å². The van der Waals surface area contributed by atoms with Crippen molar-refractivity contribution in [1.82, 2.24) is 0 Å². The number of hydrogen-bond donors (Lipinski definition) is 1. The van der Waals surface area contributed by atoms with Crippen molar-refractivity contribution in [2.75, 3.05) is 31.2 Å². The molecule has 0 bridgehead atoms. The predicted molar refractivity (Wildman–Crippen MR) is 74.4 cm³/mol. The van der Waals surface area contributed by atoms with Crippen LogP contribution in [0.25, 0.3) is 0 Å². The quantitative estimate of drug-likeness (QED) is 0.912. The largest absolute Gasteiger partial charge is 0.378 e. The Labute approximate surface area is 111 Å². The zero-order valence-corrected chi connectivity index (χ0v) is 12.0. The van der Waals surface area contributed by atoms with Crippen molar-refractivity contribution in [3.8, 4) is 0 Å². The van der Waals surface area contributed by atoms with Crippen LogP contribution in [0.15, 0.2) is 22.7 Å². The average Bonchev–Trinajstić information content (AvgIpc) is 2.29. The molecule has 4 heteroatoms. The van der Waals surface area contributed by atoms with Gasteiger partial charge in [0.15, 0.2) is 0 Å². The standard InChI is InChI=1S/C13H19BrN2O/c1-13(2,15)10-3-4-12(11(14)9-10)16-5-7-17-8-6-16/h3-4,9H,5-8,15H2,1-2H3. The van der Waals surface area contributed by atoms with Crippen LogP contribution in [-0.2, 0) is 10.3 Å².